The molecule has 0 fully saturated rings. The van der Waals surface area contributed by atoms with E-state index in [9.17, 15) is 0 Å². The Morgan fingerprint density at radius 1 is 0.611 bits per heavy atom. The van der Waals surface area contributed by atoms with Gasteiger partial charge in [0.15, 0.2) is 0 Å². The van der Waals surface area contributed by atoms with Crippen molar-refractivity contribution in [1.29, 1.82) is 0 Å². The second-order valence-corrected chi connectivity index (χ2v) is 9.64. The van der Waals surface area contributed by atoms with E-state index in [4.69, 9.17) is 5.11 Å². The average Bonchev–Trinajstić information content (AvgIpc) is 2.39. The summed E-state index contributed by atoms with van der Waals surface area (Å²) in [6, 6.07) is 0. The molecule has 0 amide bonds. The fraction of sp³-hybridized carbons (Fsp3) is 1.00. The molecule has 2 radical (unpaired) electrons. The van der Waals surface area contributed by atoms with E-state index in [2.05, 4.69) is 6.92 Å². The van der Waals surface area contributed by atoms with Gasteiger partial charge in [0.25, 0.3) is 0 Å². The molecule has 0 heterocycles. The molecular formula is C16H34OSn. The molecule has 0 aromatic carbocycles. The summed E-state index contributed by atoms with van der Waals surface area (Å²) in [5.41, 5.74) is 0. The fourth-order valence-electron chi connectivity index (χ4n) is 2.20. The first kappa shape index (κ1) is 18.8. The average molecular weight is 361 g/mol. The van der Waals surface area contributed by atoms with Gasteiger partial charge in [0.2, 0.25) is 0 Å². The Morgan fingerprint density at radius 2 is 1.06 bits per heavy atom. The van der Waals surface area contributed by atoms with Crippen LogP contribution in [0.15, 0.2) is 0 Å². The Bertz CT molecular complexity index is 123. The smallest absolute Gasteiger partial charge is 0.396 e. The van der Waals surface area contributed by atoms with E-state index in [1.54, 1.807) is 8.87 Å². The quantitative estimate of drug-likeness (QED) is 0.313. The standard InChI is InChI=1S/C12H25O.C4H9.Sn/c1-2-3-4-5-6-7-8-9-10-11-12-13;1-3-4-2;/h13H,1-12H2;1,3-4H2,2H3;. The van der Waals surface area contributed by atoms with Gasteiger partial charge < -0.3 is 5.11 Å². The van der Waals surface area contributed by atoms with Crippen LogP contribution in [0.4, 0.5) is 0 Å². The summed E-state index contributed by atoms with van der Waals surface area (Å²) >= 11 is 0.0701. The molecule has 18 heavy (non-hydrogen) atoms. The molecule has 0 aliphatic rings. The van der Waals surface area contributed by atoms with Gasteiger partial charge in [-0.1, -0.05) is 0 Å². The van der Waals surface area contributed by atoms with Crippen molar-refractivity contribution in [3.05, 3.63) is 0 Å². The van der Waals surface area contributed by atoms with E-state index in [-0.39, 0.29) is 21.1 Å². The molecule has 0 saturated heterocycles. The van der Waals surface area contributed by atoms with Gasteiger partial charge in [-0.05, 0) is 0 Å². The van der Waals surface area contributed by atoms with Crippen LogP contribution in [0.25, 0.3) is 0 Å². The molecule has 0 bridgehead atoms. The van der Waals surface area contributed by atoms with E-state index in [1.165, 1.54) is 70.6 Å². The summed E-state index contributed by atoms with van der Waals surface area (Å²) < 4.78 is 3.25. The van der Waals surface area contributed by atoms with Crippen molar-refractivity contribution in [2.75, 3.05) is 6.61 Å². The van der Waals surface area contributed by atoms with Crippen LogP contribution in [0.5, 0.6) is 0 Å². The summed E-state index contributed by atoms with van der Waals surface area (Å²) in [6.45, 7) is 2.69. The molecule has 0 aliphatic heterocycles. The SMILES string of the molecule is CCC[CH2][Sn][CH2]CCCCCCCCCCCO. The molecule has 0 aromatic rings. The van der Waals surface area contributed by atoms with Crippen LogP contribution in [0.3, 0.4) is 0 Å². The van der Waals surface area contributed by atoms with Crippen LogP contribution in [0.1, 0.15) is 84.0 Å². The van der Waals surface area contributed by atoms with Gasteiger partial charge in [-0.2, -0.15) is 0 Å². The second-order valence-electron chi connectivity index (χ2n) is 5.36. The summed E-state index contributed by atoms with van der Waals surface area (Å²) in [5, 5.41) is 8.66. The Labute approximate surface area is 125 Å². The van der Waals surface area contributed by atoms with Gasteiger partial charge in [-0.3, -0.25) is 0 Å². The fourth-order valence-corrected chi connectivity index (χ4v) is 6.07. The molecule has 1 N–H and O–H groups in total. The number of aliphatic hydroxyl groups excluding tert-OH is 1. The summed E-state index contributed by atoms with van der Waals surface area (Å²) in [4.78, 5) is 0. The Balaban J connectivity index is 2.86. The molecule has 0 saturated carbocycles. The van der Waals surface area contributed by atoms with Crippen LogP contribution >= 0.6 is 0 Å². The molecule has 0 rings (SSSR count). The zero-order valence-corrected chi connectivity index (χ0v) is 15.4. The predicted octanol–water partition coefficient (Wildman–Crippen LogP) is 5.22. The molecule has 0 atom stereocenters. The molecule has 2 heteroatoms. The third-order valence-electron chi connectivity index (χ3n) is 3.47. The van der Waals surface area contributed by atoms with Crippen molar-refractivity contribution in [3.63, 3.8) is 0 Å². The maximum atomic E-state index is 8.66. The van der Waals surface area contributed by atoms with Crippen LogP contribution in [-0.2, 0) is 0 Å². The van der Waals surface area contributed by atoms with Gasteiger partial charge in [-0.15, -0.1) is 0 Å². The van der Waals surface area contributed by atoms with E-state index < -0.39 is 0 Å². The third kappa shape index (κ3) is 16.8. The predicted molar refractivity (Wildman–Crippen MR) is 83.5 cm³/mol. The Kier molecular flexibility index (Phi) is 18.5. The monoisotopic (exact) mass is 362 g/mol. The first-order chi connectivity index (χ1) is 8.91. The van der Waals surface area contributed by atoms with Gasteiger partial charge in [0, 0.05) is 0 Å². The molecule has 0 unspecified atom stereocenters. The van der Waals surface area contributed by atoms with Crippen molar-refractivity contribution in [2.45, 2.75) is 92.8 Å². The molecule has 0 aromatic heterocycles. The maximum absolute atomic E-state index is 8.66. The summed E-state index contributed by atoms with van der Waals surface area (Å²) in [7, 11) is 0. The first-order valence-electron chi connectivity index (χ1n) is 8.23. The number of aliphatic hydroxyl groups is 1. The van der Waals surface area contributed by atoms with E-state index in [0.29, 0.717) is 6.61 Å². The van der Waals surface area contributed by atoms with Crippen LogP contribution in [-0.4, -0.2) is 32.9 Å². The number of rotatable bonds is 15. The van der Waals surface area contributed by atoms with Crippen molar-refractivity contribution in [3.8, 4) is 0 Å². The Hall–Kier alpha value is 0.759. The molecule has 108 valence electrons. The number of hydrogen-bond acceptors (Lipinski definition) is 1. The first-order valence-corrected chi connectivity index (χ1v) is 12.3. The minimum absolute atomic E-state index is 0.0701. The zero-order chi connectivity index (χ0) is 13.3. The van der Waals surface area contributed by atoms with Crippen LogP contribution in [0.2, 0.25) is 8.87 Å². The minimum atomic E-state index is 0.0701. The van der Waals surface area contributed by atoms with E-state index >= 15 is 0 Å². The summed E-state index contributed by atoms with van der Waals surface area (Å²) in [5.74, 6) is 0. The molecular weight excluding hydrogens is 327 g/mol. The van der Waals surface area contributed by atoms with Gasteiger partial charge in [-0.25, -0.2) is 0 Å². The van der Waals surface area contributed by atoms with Crippen molar-refractivity contribution < 1.29 is 5.11 Å². The molecule has 1 nitrogen and oxygen atoms in total. The topological polar surface area (TPSA) is 20.2 Å². The van der Waals surface area contributed by atoms with Crippen molar-refractivity contribution >= 4 is 21.1 Å². The Morgan fingerprint density at radius 3 is 1.56 bits per heavy atom. The van der Waals surface area contributed by atoms with Gasteiger partial charge in [0.05, 0.1) is 0 Å². The van der Waals surface area contributed by atoms with Crippen LogP contribution in [0, 0.1) is 0 Å². The number of unbranched alkanes of at least 4 members (excludes halogenated alkanes) is 10. The third-order valence-corrected chi connectivity index (χ3v) is 7.51. The van der Waals surface area contributed by atoms with E-state index in [1.807, 2.05) is 0 Å². The summed E-state index contributed by atoms with van der Waals surface area (Å²) in [6.07, 6.45) is 16.7. The van der Waals surface area contributed by atoms with Gasteiger partial charge >= 0.3 is 121 Å². The number of hydrogen-bond donors (Lipinski definition) is 1. The molecule has 0 spiro atoms. The minimum Gasteiger partial charge on any atom is -0.396 e. The van der Waals surface area contributed by atoms with Crippen LogP contribution < -0.4 is 0 Å². The van der Waals surface area contributed by atoms with E-state index in [0.717, 1.165) is 6.42 Å². The van der Waals surface area contributed by atoms with Crippen molar-refractivity contribution in [1.82, 2.24) is 0 Å². The van der Waals surface area contributed by atoms with Crippen molar-refractivity contribution in [2.24, 2.45) is 0 Å². The molecule has 0 aliphatic carbocycles. The second kappa shape index (κ2) is 17.8. The normalized spacial score (nSPS) is 11.0. The zero-order valence-electron chi connectivity index (χ0n) is 12.6. The van der Waals surface area contributed by atoms with Gasteiger partial charge in [0.1, 0.15) is 0 Å².